The average molecular weight is 297 g/mol. The highest BCUT2D eigenvalue weighted by atomic mass is 16.7. The fourth-order valence-electron chi connectivity index (χ4n) is 3.49. The Morgan fingerprint density at radius 3 is 2.77 bits per heavy atom. The Kier molecular flexibility index (Phi) is 2.31. The molecule has 0 saturated heterocycles. The number of hydrogen-bond donors (Lipinski definition) is 1. The van der Waals surface area contributed by atoms with Crippen LogP contribution in [0.4, 0.5) is 5.69 Å². The molecular weight excluding hydrogens is 282 g/mol. The molecule has 5 rings (SSSR count). The molecule has 2 atom stereocenters. The van der Waals surface area contributed by atoms with Crippen molar-refractivity contribution >= 4 is 5.69 Å². The van der Waals surface area contributed by atoms with Crippen molar-refractivity contribution in [1.29, 1.82) is 0 Å². The topological polar surface area (TPSA) is 49.0 Å². The molecule has 0 aromatic heterocycles. The second-order valence-electron chi connectivity index (χ2n) is 5.72. The maximum Gasteiger partial charge on any atom is 0.231 e. The van der Waals surface area contributed by atoms with Gasteiger partial charge in [-0.2, -0.15) is 0 Å². The van der Waals surface area contributed by atoms with Gasteiger partial charge in [0.2, 0.25) is 6.79 Å². The van der Waals surface area contributed by atoms with E-state index in [1.807, 2.05) is 18.2 Å². The zero-order valence-corrected chi connectivity index (χ0v) is 12.1. The lowest BCUT2D eigenvalue weighted by Crippen LogP contribution is -2.25. The Balaban J connectivity index is 1.58. The summed E-state index contributed by atoms with van der Waals surface area (Å²) in [6, 6.07) is 10.1. The molecule has 0 saturated carbocycles. The third kappa shape index (κ3) is 1.53. The summed E-state index contributed by atoms with van der Waals surface area (Å²) in [7, 11) is 1.68. The average Bonchev–Trinajstić information content (AvgIpc) is 3.15. The van der Waals surface area contributed by atoms with E-state index < -0.39 is 0 Å². The van der Waals surface area contributed by atoms with Gasteiger partial charge in [0.25, 0.3) is 0 Å². The molecule has 3 aliphatic rings. The van der Waals surface area contributed by atoms with Crippen molar-refractivity contribution in [2.75, 3.05) is 25.8 Å². The van der Waals surface area contributed by atoms with Gasteiger partial charge in [0.05, 0.1) is 7.11 Å². The van der Waals surface area contributed by atoms with Crippen LogP contribution in [0, 0.1) is 0 Å². The van der Waals surface area contributed by atoms with Gasteiger partial charge in [-0.25, -0.2) is 0 Å². The molecule has 3 aliphatic heterocycles. The first-order chi connectivity index (χ1) is 10.8. The fourth-order valence-corrected chi connectivity index (χ4v) is 3.49. The summed E-state index contributed by atoms with van der Waals surface area (Å²) in [6.45, 7) is 1.12. The van der Waals surface area contributed by atoms with Crippen LogP contribution in [0.5, 0.6) is 23.0 Å². The first kappa shape index (κ1) is 12.0. The Bertz CT molecular complexity index is 773. The maximum absolute atomic E-state index is 6.22. The second kappa shape index (κ2) is 4.22. The monoisotopic (exact) mass is 297 g/mol. The largest absolute Gasteiger partial charge is 0.497 e. The van der Waals surface area contributed by atoms with Crippen molar-refractivity contribution in [3.05, 3.63) is 41.5 Å². The molecule has 0 radical (unpaired) electrons. The zero-order valence-electron chi connectivity index (χ0n) is 12.1. The van der Waals surface area contributed by atoms with Gasteiger partial charge in [-0.1, -0.05) is 0 Å². The summed E-state index contributed by atoms with van der Waals surface area (Å²) in [6.07, 6.45) is 0.0275. The van der Waals surface area contributed by atoms with Gasteiger partial charge in [0.15, 0.2) is 11.5 Å². The number of anilines is 1. The molecule has 0 spiro atoms. The van der Waals surface area contributed by atoms with Gasteiger partial charge in [0.1, 0.15) is 17.6 Å². The Labute approximate surface area is 127 Å². The van der Waals surface area contributed by atoms with Crippen molar-refractivity contribution in [2.45, 2.75) is 12.0 Å². The van der Waals surface area contributed by atoms with Gasteiger partial charge in [0, 0.05) is 41.4 Å². The predicted molar refractivity (Wildman–Crippen MR) is 80.2 cm³/mol. The molecule has 3 heterocycles. The second-order valence-corrected chi connectivity index (χ2v) is 5.72. The Morgan fingerprint density at radius 2 is 1.91 bits per heavy atom. The van der Waals surface area contributed by atoms with Crippen LogP contribution in [-0.2, 0) is 0 Å². The summed E-state index contributed by atoms with van der Waals surface area (Å²) in [5.41, 5.74) is 3.42. The van der Waals surface area contributed by atoms with Crippen LogP contribution in [0.3, 0.4) is 0 Å². The number of hydrogen-bond acceptors (Lipinski definition) is 5. The summed E-state index contributed by atoms with van der Waals surface area (Å²) in [5, 5.41) is 3.49. The third-order valence-corrected chi connectivity index (χ3v) is 4.60. The van der Waals surface area contributed by atoms with E-state index in [2.05, 4.69) is 17.4 Å². The molecule has 2 aromatic carbocycles. The van der Waals surface area contributed by atoms with E-state index in [0.717, 1.165) is 40.8 Å². The first-order valence-electron chi connectivity index (χ1n) is 7.35. The first-order valence-corrected chi connectivity index (χ1v) is 7.35. The molecule has 0 amide bonds. The smallest absolute Gasteiger partial charge is 0.231 e. The molecule has 0 fully saturated rings. The van der Waals surface area contributed by atoms with E-state index >= 15 is 0 Å². The van der Waals surface area contributed by atoms with Gasteiger partial charge in [-0.15, -0.1) is 0 Å². The molecule has 5 heteroatoms. The van der Waals surface area contributed by atoms with Crippen LogP contribution in [0.2, 0.25) is 0 Å². The van der Waals surface area contributed by atoms with Crippen LogP contribution < -0.4 is 24.3 Å². The minimum atomic E-state index is 0.0275. The SMILES string of the molecule is COc1ccc2c(c1)NCC1c3cc4c(cc3OC21)OCO4. The quantitative estimate of drug-likeness (QED) is 0.876. The van der Waals surface area contributed by atoms with Gasteiger partial charge >= 0.3 is 0 Å². The van der Waals surface area contributed by atoms with Crippen LogP contribution >= 0.6 is 0 Å². The van der Waals surface area contributed by atoms with Crippen molar-refractivity contribution < 1.29 is 18.9 Å². The summed E-state index contributed by atoms with van der Waals surface area (Å²) in [5.74, 6) is 3.60. The number of nitrogens with one attached hydrogen (secondary N) is 1. The summed E-state index contributed by atoms with van der Waals surface area (Å²) >= 11 is 0. The highest BCUT2D eigenvalue weighted by molar-refractivity contribution is 5.63. The lowest BCUT2D eigenvalue weighted by molar-refractivity contribution is 0.172. The van der Waals surface area contributed by atoms with E-state index in [1.54, 1.807) is 7.11 Å². The molecule has 5 nitrogen and oxygen atoms in total. The van der Waals surface area contributed by atoms with Crippen LogP contribution in [0.25, 0.3) is 0 Å². The van der Waals surface area contributed by atoms with E-state index in [9.17, 15) is 0 Å². The van der Waals surface area contributed by atoms with Crippen LogP contribution in [0.15, 0.2) is 30.3 Å². The lowest BCUT2D eigenvalue weighted by atomic mass is 9.87. The molecule has 2 aromatic rings. The highest BCUT2D eigenvalue weighted by Gasteiger charge is 2.40. The van der Waals surface area contributed by atoms with Gasteiger partial charge in [-0.05, 0) is 18.2 Å². The molecule has 112 valence electrons. The lowest BCUT2D eigenvalue weighted by Gasteiger charge is -2.29. The Morgan fingerprint density at radius 1 is 1.05 bits per heavy atom. The minimum Gasteiger partial charge on any atom is -0.497 e. The maximum atomic E-state index is 6.22. The highest BCUT2D eigenvalue weighted by Crippen LogP contribution is 2.53. The molecule has 22 heavy (non-hydrogen) atoms. The van der Waals surface area contributed by atoms with E-state index in [4.69, 9.17) is 18.9 Å². The van der Waals surface area contributed by atoms with Crippen molar-refractivity contribution in [3.8, 4) is 23.0 Å². The molecule has 2 unspecified atom stereocenters. The molecular formula is C17H15NO4. The van der Waals surface area contributed by atoms with Crippen molar-refractivity contribution in [3.63, 3.8) is 0 Å². The summed E-state index contributed by atoms with van der Waals surface area (Å²) < 4.78 is 22.4. The van der Waals surface area contributed by atoms with Gasteiger partial charge in [-0.3, -0.25) is 0 Å². The van der Waals surface area contributed by atoms with E-state index in [-0.39, 0.29) is 18.8 Å². The van der Waals surface area contributed by atoms with Crippen molar-refractivity contribution in [2.24, 2.45) is 0 Å². The molecule has 0 aliphatic carbocycles. The molecule has 1 N–H and O–H groups in total. The van der Waals surface area contributed by atoms with Crippen LogP contribution in [0.1, 0.15) is 23.1 Å². The fraction of sp³-hybridized carbons (Fsp3) is 0.294. The number of rotatable bonds is 1. The zero-order chi connectivity index (χ0) is 14.7. The van der Waals surface area contributed by atoms with Gasteiger partial charge < -0.3 is 24.3 Å². The number of fused-ring (bicyclic) bond motifs is 6. The van der Waals surface area contributed by atoms with Crippen molar-refractivity contribution in [1.82, 2.24) is 0 Å². The standard InChI is InChI=1S/C17H15NO4/c1-19-9-2-3-10-13(4-9)18-7-12-11-5-15-16(21-8-20-15)6-14(11)22-17(10)12/h2-6,12,17-18H,7-8H2,1H3. The van der Waals surface area contributed by atoms with Crippen LogP contribution in [-0.4, -0.2) is 20.4 Å². The Hall–Kier alpha value is -2.56. The predicted octanol–water partition coefficient (Wildman–Crippen LogP) is 3.07. The number of ether oxygens (including phenoxy) is 4. The normalized spacial score (nSPS) is 23.0. The number of methoxy groups -OCH3 is 1. The third-order valence-electron chi connectivity index (χ3n) is 4.60. The molecule has 0 bridgehead atoms. The summed E-state index contributed by atoms with van der Waals surface area (Å²) in [4.78, 5) is 0. The van der Waals surface area contributed by atoms with E-state index in [1.165, 1.54) is 5.56 Å². The van der Waals surface area contributed by atoms with E-state index in [0.29, 0.717) is 0 Å². The minimum absolute atomic E-state index is 0.0275. The number of benzene rings is 2.